The standard InChI is InChI=1S/C46H88NO10P/c1-3-5-7-9-11-13-15-17-19-20-21-22-24-25-27-29-31-33-35-37-44(48)54-39-42(40-55-58(52,53)56-41-43(47)46(50)51)57-45(49)38-36-34-32-30-28-26-23-18-16-14-12-10-8-6-4-2/h18,23,42-43H,3-17,19-22,24-41,47H2,1-2H3,(H,50,51)(H,52,53)/b23-18-/t42-,43+/m1/s1. The topological polar surface area (TPSA) is 172 Å². The molecule has 0 saturated carbocycles. The third kappa shape index (κ3) is 41.0. The molecule has 0 heterocycles. The lowest BCUT2D eigenvalue weighted by Gasteiger charge is -2.20. The van der Waals surface area contributed by atoms with Gasteiger partial charge in [0.2, 0.25) is 0 Å². The SMILES string of the molecule is CCCCCCCC/C=C\CCCCCCCC(=O)O[C@H](COC(=O)CCCCCCCCCCCCCCCCCCCCC)COP(=O)(O)OC[C@H](N)C(=O)O. The average molecular weight is 846 g/mol. The number of carbonyl (C=O) groups excluding carboxylic acids is 2. The zero-order valence-electron chi connectivity index (χ0n) is 37.2. The highest BCUT2D eigenvalue weighted by atomic mass is 31.2. The highest BCUT2D eigenvalue weighted by Crippen LogP contribution is 2.43. The van der Waals surface area contributed by atoms with Crippen molar-refractivity contribution in [1.82, 2.24) is 0 Å². The molecule has 0 aliphatic heterocycles. The summed E-state index contributed by atoms with van der Waals surface area (Å²) in [6, 6.07) is -1.52. The Labute approximate surface area is 354 Å². The third-order valence-electron chi connectivity index (χ3n) is 10.5. The van der Waals surface area contributed by atoms with Crippen LogP contribution in [0, 0.1) is 0 Å². The van der Waals surface area contributed by atoms with Gasteiger partial charge in [-0.2, -0.15) is 0 Å². The van der Waals surface area contributed by atoms with Crippen molar-refractivity contribution in [3.05, 3.63) is 12.2 Å². The first-order valence-electron chi connectivity index (χ1n) is 23.7. The number of phosphoric acid groups is 1. The fourth-order valence-electron chi connectivity index (χ4n) is 6.77. The minimum atomic E-state index is -4.71. The molecule has 3 atom stereocenters. The van der Waals surface area contributed by atoms with Crippen molar-refractivity contribution < 1.29 is 47.5 Å². The number of aliphatic carboxylic acids is 1. The minimum absolute atomic E-state index is 0.155. The first-order valence-corrected chi connectivity index (χ1v) is 25.2. The number of ether oxygens (including phenoxy) is 2. The Morgan fingerprint density at radius 3 is 1.26 bits per heavy atom. The molecule has 58 heavy (non-hydrogen) atoms. The number of hydrogen-bond acceptors (Lipinski definition) is 9. The van der Waals surface area contributed by atoms with E-state index in [9.17, 15) is 23.8 Å². The van der Waals surface area contributed by atoms with Crippen LogP contribution in [0.1, 0.15) is 232 Å². The van der Waals surface area contributed by atoms with Crippen LogP contribution in [0.5, 0.6) is 0 Å². The van der Waals surface area contributed by atoms with Gasteiger partial charge < -0.3 is 25.2 Å². The van der Waals surface area contributed by atoms with E-state index in [4.69, 9.17) is 24.8 Å². The van der Waals surface area contributed by atoms with Gasteiger partial charge >= 0.3 is 25.7 Å². The number of allylic oxidation sites excluding steroid dienone is 2. The predicted molar refractivity (Wildman–Crippen MR) is 236 cm³/mol. The van der Waals surface area contributed by atoms with Crippen molar-refractivity contribution in [3.8, 4) is 0 Å². The van der Waals surface area contributed by atoms with E-state index in [1.807, 2.05) is 0 Å². The molecule has 4 N–H and O–H groups in total. The summed E-state index contributed by atoms with van der Waals surface area (Å²) in [4.78, 5) is 46.0. The highest BCUT2D eigenvalue weighted by molar-refractivity contribution is 7.47. The van der Waals surface area contributed by atoms with Crippen LogP contribution >= 0.6 is 7.82 Å². The Morgan fingerprint density at radius 1 is 0.517 bits per heavy atom. The number of unbranched alkanes of at least 4 members (excludes halogenated alkanes) is 29. The first kappa shape index (κ1) is 56.2. The van der Waals surface area contributed by atoms with Gasteiger partial charge in [-0.3, -0.25) is 23.4 Å². The fraction of sp³-hybridized carbons (Fsp3) is 0.891. The van der Waals surface area contributed by atoms with E-state index < -0.39 is 51.1 Å². The van der Waals surface area contributed by atoms with Gasteiger partial charge in [0.05, 0.1) is 13.2 Å². The molecule has 0 aromatic rings. The molecule has 11 nitrogen and oxygen atoms in total. The Balaban J connectivity index is 4.26. The Bertz CT molecular complexity index is 1040. The average Bonchev–Trinajstić information content (AvgIpc) is 3.20. The quantitative estimate of drug-likeness (QED) is 0.0230. The third-order valence-corrected chi connectivity index (χ3v) is 11.5. The summed E-state index contributed by atoms with van der Waals surface area (Å²) in [5.41, 5.74) is 5.34. The van der Waals surface area contributed by atoms with Crippen LogP contribution < -0.4 is 5.73 Å². The number of carbonyl (C=O) groups is 3. The fourth-order valence-corrected chi connectivity index (χ4v) is 7.55. The molecule has 0 aliphatic carbocycles. The zero-order chi connectivity index (χ0) is 42.8. The van der Waals surface area contributed by atoms with E-state index in [1.165, 1.54) is 135 Å². The van der Waals surface area contributed by atoms with E-state index in [0.717, 1.165) is 57.8 Å². The molecular formula is C46H88NO10P. The second kappa shape index (κ2) is 41.9. The lowest BCUT2D eigenvalue weighted by molar-refractivity contribution is -0.161. The molecule has 0 aromatic heterocycles. The van der Waals surface area contributed by atoms with E-state index in [0.29, 0.717) is 12.8 Å². The van der Waals surface area contributed by atoms with Gasteiger partial charge in [0.15, 0.2) is 6.10 Å². The molecule has 0 rings (SSSR count). The normalized spacial score (nSPS) is 13.7. The van der Waals surface area contributed by atoms with Crippen LogP contribution in [0.15, 0.2) is 12.2 Å². The van der Waals surface area contributed by atoms with Gasteiger partial charge in [-0.05, 0) is 38.5 Å². The van der Waals surface area contributed by atoms with Crippen molar-refractivity contribution in [2.45, 2.75) is 244 Å². The van der Waals surface area contributed by atoms with Crippen molar-refractivity contribution in [2.75, 3.05) is 19.8 Å². The van der Waals surface area contributed by atoms with Crippen molar-refractivity contribution in [1.29, 1.82) is 0 Å². The minimum Gasteiger partial charge on any atom is -0.480 e. The zero-order valence-corrected chi connectivity index (χ0v) is 38.1. The van der Waals surface area contributed by atoms with Crippen molar-refractivity contribution in [3.63, 3.8) is 0 Å². The molecule has 1 unspecified atom stereocenters. The number of phosphoric ester groups is 1. The van der Waals surface area contributed by atoms with Crippen LogP contribution in [0.25, 0.3) is 0 Å². The number of hydrogen-bond donors (Lipinski definition) is 3. The van der Waals surface area contributed by atoms with Gasteiger partial charge in [0, 0.05) is 12.8 Å². The van der Waals surface area contributed by atoms with Crippen LogP contribution in [-0.2, 0) is 37.5 Å². The largest absolute Gasteiger partial charge is 0.480 e. The Hall–Kier alpha value is -1.78. The number of esters is 2. The smallest absolute Gasteiger partial charge is 0.472 e. The number of carboxylic acid groups (broad SMARTS) is 1. The lowest BCUT2D eigenvalue weighted by Crippen LogP contribution is -2.34. The lowest BCUT2D eigenvalue weighted by atomic mass is 10.0. The maximum absolute atomic E-state index is 12.6. The van der Waals surface area contributed by atoms with E-state index in [-0.39, 0.29) is 19.4 Å². The molecule has 0 amide bonds. The summed E-state index contributed by atoms with van der Waals surface area (Å²) in [5.74, 6) is -2.37. The number of nitrogens with two attached hydrogens (primary N) is 1. The maximum atomic E-state index is 12.6. The number of carboxylic acids is 1. The van der Waals surface area contributed by atoms with Crippen molar-refractivity contribution in [2.24, 2.45) is 5.73 Å². The second-order valence-corrected chi connectivity index (χ2v) is 17.7. The summed E-state index contributed by atoms with van der Waals surface area (Å²) >= 11 is 0. The highest BCUT2D eigenvalue weighted by Gasteiger charge is 2.28. The van der Waals surface area contributed by atoms with Gasteiger partial charge in [-0.15, -0.1) is 0 Å². The maximum Gasteiger partial charge on any atom is 0.472 e. The second-order valence-electron chi connectivity index (χ2n) is 16.2. The summed E-state index contributed by atoms with van der Waals surface area (Å²) in [6.45, 7) is 2.83. The van der Waals surface area contributed by atoms with Crippen LogP contribution in [0.3, 0.4) is 0 Å². The summed E-state index contributed by atoms with van der Waals surface area (Å²) in [5, 5.41) is 8.90. The van der Waals surface area contributed by atoms with E-state index in [1.54, 1.807) is 0 Å². The summed E-state index contributed by atoms with van der Waals surface area (Å²) in [7, 11) is -4.71. The Kier molecular flexibility index (Phi) is 40.6. The first-order chi connectivity index (χ1) is 28.1. The van der Waals surface area contributed by atoms with Gasteiger partial charge in [-0.25, -0.2) is 4.57 Å². The molecule has 0 saturated heterocycles. The molecule has 0 spiro atoms. The molecule has 342 valence electrons. The van der Waals surface area contributed by atoms with Crippen LogP contribution in [-0.4, -0.2) is 59.9 Å². The van der Waals surface area contributed by atoms with E-state index in [2.05, 4.69) is 30.5 Å². The number of rotatable bonds is 45. The van der Waals surface area contributed by atoms with Gasteiger partial charge in [0.25, 0.3) is 0 Å². The van der Waals surface area contributed by atoms with Gasteiger partial charge in [-0.1, -0.05) is 193 Å². The Morgan fingerprint density at radius 2 is 0.862 bits per heavy atom. The molecule has 0 bridgehead atoms. The van der Waals surface area contributed by atoms with Crippen LogP contribution in [0.2, 0.25) is 0 Å². The molecule has 12 heteroatoms. The molecule has 0 aromatic carbocycles. The molecule has 0 radical (unpaired) electrons. The van der Waals surface area contributed by atoms with Gasteiger partial charge in [0.1, 0.15) is 12.6 Å². The van der Waals surface area contributed by atoms with Crippen LogP contribution in [0.4, 0.5) is 0 Å². The molecule has 0 aliphatic rings. The molecule has 0 fully saturated rings. The summed E-state index contributed by atoms with van der Waals surface area (Å²) in [6.07, 6.45) is 42.7. The summed E-state index contributed by atoms with van der Waals surface area (Å²) < 4.78 is 32.8. The van der Waals surface area contributed by atoms with Crippen molar-refractivity contribution >= 4 is 25.7 Å². The predicted octanol–water partition coefficient (Wildman–Crippen LogP) is 12.8. The van der Waals surface area contributed by atoms with E-state index >= 15 is 0 Å². The molecular weight excluding hydrogens is 757 g/mol. The monoisotopic (exact) mass is 846 g/mol.